The molecule has 0 saturated carbocycles. The topological polar surface area (TPSA) is 122 Å². The molecule has 1 saturated heterocycles. The Morgan fingerprint density at radius 1 is 1.19 bits per heavy atom. The number of ether oxygens (including phenoxy) is 6. The van der Waals surface area contributed by atoms with Gasteiger partial charge in [-0.05, 0) is 32.4 Å². The number of amides is 1. The Bertz CT molecular complexity index is 749. The largest absolute Gasteiger partial charge is 0.493 e. The van der Waals surface area contributed by atoms with Crippen molar-refractivity contribution in [1.82, 2.24) is 5.06 Å². The van der Waals surface area contributed by atoms with Crippen LogP contribution < -0.4 is 19.9 Å². The molecule has 3 N–H and O–H groups in total. The highest BCUT2D eigenvalue weighted by Gasteiger charge is 2.63. The summed E-state index contributed by atoms with van der Waals surface area (Å²) in [6.07, 6.45) is -1.52. The van der Waals surface area contributed by atoms with Gasteiger partial charge in [-0.3, -0.25) is 10.0 Å². The first kappa shape index (κ1) is 26.1. The maximum absolute atomic E-state index is 13.8. The van der Waals surface area contributed by atoms with E-state index < -0.39 is 35.9 Å². The number of rotatable bonds is 11. The fraction of sp³-hybridized carbons (Fsp3) is 0.682. The molecule has 1 amide bonds. The lowest BCUT2D eigenvalue weighted by molar-refractivity contribution is -0.209. The van der Waals surface area contributed by atoms with Gasteiger partial charge in [-0.25, -0.2) is 5.06 Å². The fourth-order valence-electron chi connectivity index (χ4n) is 3.94. The van der Waals surface area contributed by atoms with Crippen molar-refractivity contribution in [1.29, 1.82) is 0 Å². The predicted molar refractivity (Wildman–Crippen MR) is 116 cm³/mol. The van der Waals surface area contributed by atoms with E-state index in [1.807, 2.05) is 6.92 Å². The lowest BCUT2D eigenvalue weighted by Crippen LogP contribution is -2.55. The quantitative estimate of drug-likeness (QED) is 0.378. The van der Waals surface area contributed by atoms with E-state index in [9.17, 15) is 10.0 Å². The molecule has 1 aromatic carbocycles. The van der Waals surface area contributed by atoms with E-state index in [0.717, 1.165) is 0 Å². The van der Waals surface area contributed by atoms with E-state index in [4.69, 9.17) is 34.2 Å². The minimum absolute atomic E-state index is 0.0804. The van der Waals surface area contributed by atoms with Crippen molar-refractivity contribution in [3.05, 3.63) is 17.7 Å². The number of hydroxylamine groups is 2. The molecule has 0 aliphatic carbocycles. The summed E-state index contributed by atoms with van der Waals surface area (Å²) >= 11 is 0. The number of methoxy groups -OCH3 is 4. The van der Waals surface area contributed by atoms with E-state index in [0.29, 0.717) is 40.9 Å². The second kappa shape index (κ2) is 11.2. The molecule has 10 nitrogen and oxygen atoms in total. The molecule has 0 radical (unpaired) electrons. The Morgan fingerprint density at radius 2 is 1.78 bits per heavy atom. The first-order valence-corrected chi connectivity index (χ1v) is 10.6. The van der Waals surface area contributed by atoms with Crippen LogP contribution in [-0.2, 0) is 24.6 Å². The van der Waals surface area contributed by atoms with Crippen LogP contribution >= 0.6 is 0 Å². The van der Waals surface area contributed by atoms with Crippen molar-refractivity contribution in [2.75, 3.05) is 41.6 Å². The van der Waals surface area contributed by atoms with Gasteiger partial charge in [-0.1, -0.05) is 6.92 Å². The molecule has 1 aliphatic rings. The summed E-state index contributed by atoms with van der Waals surface area (Å²) in [6.45, 7) is 5.75. The Kier molecular flexibility index (Phi) is 9.11. The summed E-state index contributed by atoms with van der Waals surface area (Å²) < 4.78 is 34.5. The molecule has 0 aromatic heterocycles. The molecular weight excluding hydrogens is 420 g/mol. The monoisotopic (exact) mass is 456 g/mol. The van der Waals surface area contributed by atoms with Gasteiger partial charge in [-0.2, -0.15) is 0 Å². The van der Waals surface area contributed by atoms with Gasteiger partial charge in [0.2, 0.25) is 11.4 Å². The summed E-state index contributed by atoms with van der Waals surface area (Å²) in [6, 6.07) is 2.71. The highest BCUT2D eigenvalue weighted by molar-refractivity contribution is 5.88. The van der Waals surface area contributed by atoms with Crippen LogP contribution in [-0.4, -0.2) is 82.1 Å². The third-order valence-electron chi connectivity index (χ3n) is 5.52. The molecule has 0 spiro atoms. The van der Waals surface area contributed by atoms with Crippen molar-refractivity contribution >= 4 is 5.91 Å². The van der Waals surface area contributed by atoms with Crippen LogP contribution in [0.3, 0.4) is 0 Å². The molecule has 32 heavy (non-hydrogen) atoms. The molecule has 182 valence electrons. The maximum Gasteiger partial charge on any atom is 0.285 e. The van der Waals surface area contributed by atoms with Gasteiger partial charge in [-0.15, -0.1) is 0 Å². The Labute approximate surface area is 189 Å². The van der Waals surface area contributed by atoms with E-state index >= 15 is 0 Å². The molecule has 1 aromatic rings. The van der Waals surface area contributed by atoms with Gasteiger partial charge in [0.15, 0.2) is 11.5 Å². The van der Waals surface area contributed by atoms with Crippen molar-refractivity contribution < 1.29 is 38.4 Å². The van der Waals surface area contributed by atoms with E-state index in [-0.39, 0.29) is 6.54 Å². The number of carbonyl (C=O) groups is 1. The SMILES string of the molecule is CCCOC1C(OC)C(CN)OC1(C(=O)N(O)C(C)C)c1cc(OC)c(OC)c(OC)c1. The Balaban J connectivity index is 2.84. The van der Waals surface area contributed by atoms with E-state index in [2.05, 4.69) is 0 Å². The third-order valence-corrected chi connectivity index (χ3v) is 5.52. The van der Waals surface area contributed by atoms with Crippen molar-refractivity contribution in [3.63, 3.8) is 0 Å². The van der Waals surface area contributed by atoms with E-state index in [1.165, 1.54) is 28.4 Å². The van der Waals surface area contributed by atoms with Crippen LogP contribution in [0.2, 0.25) is 0 Å². The van der Waals surface area contributed by atoms with Crippen molar-refractivity contribution in [3.8, 4) is 17.2 Å². The summed E-state index contributed by atoms with van der Waals surface area (Å²) in [5.74, 6) is 0.298. The average molecular weight is 457 g/mol. The smallest absolute Gasteiger partial charge is 0.285 e. The van der Waals surface area contributed by atoms with Crippen LogP contribution in [0, 0.1) is 0 Å². The minimum Gasteiger partial charge on any atom is -0.493 e. The Hall–Kier alpha value is -2.11. The standard InChI is InChI=1S/C22H36N2O8/c1-8-9-31-20-19(30-7)17(12-23)32-22(20,21(25)24(26)13(2)3)14-10-15(27-4)18(29-6)16(11-14)28-5/h10-11,13,17,19-20,26H,8-9,12,23H2,1-7H3. The molecule has 1 fully saturated rings. The van der Waals surface area contributed by atoms with E-state index in [1.54, 1.807) is 26.0 Å². The first-order valence-electron chi connectivity index (χ1n) is 10.6. The summed E-state index contributed by atoms with van der Waals surface area (Å²) in [5.41, 5.74) is 4.55. The molecule has 4 atom stereocenters. The fourth-order valence-corrected chi connectivity index (χ4v) is 3.94. The van der Waals surface area contributed by atoms with Crippen LogP contribution in [0.25, 0.3) is 0 Å². The van der Waals surface area contributed by atoms with Crippen LogP contribution in [0.15, 0.2) is 12.1 Å². The van der Waals surface area contributed by atoms with Gasteiger partial charge in [0.05, 0.1) is 27.4 Å². The molecule has 0 bridgehead atoms. The number of hydrogen-bond donors (Lipinski definition) is 2. The van der Waals surface area contributed by atoms with Gasteiger partial charge in [0.25, 0.3) is 5.91 Å². The summed E-state index contributed by atoms with van der Waals surface area (Å²) in [5, 5.41) is 11.3. The molecule has 2 rings (SSSR count). The lowest BCUT2D eigenvalue weighted by Gasteiger charge is -2.37. The van der Waals surface area contributed by atoms with Crippen LogP contribution in [0.4, 0.5) is 0 Å². The van der Waals surface area contributed by atoms with Crippen LogP contribution in [0.1, 0.15) is 32.8 Å². The van der Waals surface area contributed by atoms with Gasteiger partial charge in [0, 0.05) is 25.8 Å². The lowest BCUT2D eigenvalue weighted by atomic mass is 9.84. The maximum atomic E-state index is 13.8. The highest BCUT2D eigenvalue weighted by atomic mass is 16.6. The molecule has 1 aliphatic heterocycles. The van der Waals surface area contributed by atoms with Crippen molar-refractivity contribution in [2.24, 2.45) is 5.73 Å². The first-order chi connectivity index (χ1) is 15.3. The average Bonchev–Trinajstić information content (AvgIpc) is 3.14. The van der Waals surface area contributed by atoms with Gasteiger partial charge >= 0.3 is 0 Å². The predicted octanol–water partition coefficient (Wildman–Crippen LogP) is 1.70. The number of nitrogens with two attached hydrogens (primary N) is 1. The number of hydrogen-bond acceptors (Lipinski definition) is 9. The number of nitrogens with zero attached hydrogens (tertiary/aromatic N) is 1. The molecular formula is C22H36N2O8. The van der Waals surface area contributed by atoms with Gasteiger partial charge in [0.1, 0.15) is 18.3 Å². The molecule has 1 heterocycles. The zero-order valence-electron chi connectivity index (χ0n) is 19.9. The Morgan fingerprint density at radius 3 is 2.19 bits per heavy atom. The number of benzene rings is 1. The minimum atomic E-state index is -1.77. The number of carbonyl (C=O) groups excluding carboxylic acids is 1. The highest BCUT2D eigenvalue weighted by Crippen LogP contribution is 2.49. The third kappa shape index (κ3) is 4.51. The molecule has 4 unspecified atom stereocenters. The normalized spacial score (nSPS) is 25.1. The zero-order chi connectivity index (χ0) is 24.1. The second-order valence-corrected chi connectivity index (χ2v) is 7.78. The van der Waals surface area contributed by atoms with Crippen molar-refractivity contribution in [2.45, 2.75) is 57.1 Å². The molecule has 10 heteroatoms. The van der Waals surface area contributed by atoms with Crippen LogP contribution in [0.5, 0.6) is 17.2 Å². The summed E-state index contributed by atoms with van der Waals surface area (Å²) in [7, 11) is 5.94. The summed E-state index contributed by atoms with van der Waals surface area (Å²) in [4.78, 5) is 13.8. The zero-order valence-corrected chi connectivity index (χ0v) is 19.9. The second-order valence-electron chi connectivity index (χ2n) is 7.78. The van der Waals surface area contributed by atoms with Gasteiger partial charge < -0.3 is 34.2 Å².